The SMILES string of the molecule is Cc1ccc(-c2cccc3c(=O)n(-c4ccc(N5CC(C)O[C@@H](C)C5)cc4)cc(C)c23)cc1. The normalized spacial score (nSPS) is 18.6. The summed E-state index contributed by atoms with van der Waals surface area (Å²) >= 11 is 0. The lowest BCUT2D eigenvalue weighted by Crippen LogP contribution is -2.45. The molecule has 3 aromatic carbocycles. The van der Waals surface area contributed by atoms with Crippen LogP contribution in [-0.2, 0) is 4.74 Å². The van der Waals surface area contributed by atoms with Crippen molar-refractivity contribution in [1.82, 2.24) is 4.57 Å². The van der Waals surface area contributed by atoms with Crippen molar-refractivity contribution in [2.45, 2.75) is 39.9 Å². The highest BCUT2D eigenvalue weighted by Gasteiger charge is 2.22. The molecule has 0 bridgehead atoms. The first-order valence-electron chi connectivity index (χ1n) is 11.6. The van der Waals surface area contributed by atoms with Crippen LogP contribution < -0.4 is 10.5 Å². The molecule has 0 radical (unpaired) electrons. The van der Waals surface area contributed by atoms with Crippen LogP contribution in [0.3, 0.4) is 0 Å². The Morgan fingerprint density at radius 3 is 2.12 bits per heavy atom. The van der Waals surface area contributed by atoms with Gasteiger partial charge in [-0.15, -0.1) is 0 Å². The van der Waals surface area contributed by atoms with Gasteiger partial charge in [0.1, 0.15) is 0 Å². The monoisotopic (exact) mass is 438 g/mol. The molecule has 1 unspecified atom stereocenters. The number of morpholine rings is 1. The number of fused-ring (bicyclic) bond motifs is 1. The van der Waals surface area contributed by atoms with Crippen molar-refractivity contribution in [3.8, 4) is 16.8 Å². The fourth-order valence-corrected chi connectivity index (χ4v) is 4.98. The quantitative estimate of drug-likeness (QED) is 0.400. The average molecular weight is 439 g/mol. The van der Waals surface area contributed by atoms with E-state index in [0.29, 0.717) is 0 Å². The molecule has 2 heterocycles. The van der Waals surface area contributed by atoms with E-state index >= 15 is 0 Å². The zero-order chi connectivity index (χ0) is 23.1. The molecule has 1 aliphatic heterocycles. The summed E-state index contributed by atoms with van der Waals surface area (Å²) in [4.78, 5) is 15.9. The van der Waals surface area contributed by atoms with E-state index in [-0.39, 0.29) is 17.8 Å². The van der Waals surface area contributed by atoms with E-state index in [0.717, 1.165) is 51.9 Å². The van der Waals surface area contributed by atoms with Crippen LogP contribution in [0, 0.1) is 13.8 Å². The van der Waals surface area contributed by atoms with Crippen molar-refractivity contribution >= 4 is 16.5 Å². The van der Waals surface area contributed by atoms with Crippen LogP contribution in [0.2, 0.25) is 0 Å². The van der Waals surface area contributed by atoms with Gasteiger partial charge in [0.05, 0.1) is 12.2 Å². The molecule has 1 fully saturated rings. The van der Waals surface area contributed by atoms with Gasteiger partial charge in [-0.1, -0.05) is 42.0 Å². The van der Waals surface area contributed by atoms with Crippen LogP contribution >= 0.6 is 0 Å². The van der Waals surface area contributed by atoms with Gasteiger partial charge in [-0.3, -0.25) is 9.36 Å². The van der Waals surface area contributed by atoms with Crippen LogP contribution in [0.5, 0.6) is 0 Å². The maximum absolute atomic E-state index is 13.5. The predicted molar refractivity (Wildman–Crippen MR) is 137 cm³/mol. The van der Waals surface area contributed by atoms with Gasteiger partial charge in [-0.05, 0) is 80.1 Å². The molecule has 33 heavy (non-hydrogen) atoms. The molecule has 0 saturated carbocycles. The van der Waals surface area contributed by atoms with Gasteiger partial charge in [0.25, 0.3) is 5.56 Å². The number of ether oxygens (including phenoxy) is 1. The second-order valence-electron chi connectivity index (χ2n) is 9.26. The Labute approximate surface area is 195 Å². The van der Waals surface area contributed by atoms with Gasteiger partial charge in [-0.2, -0.15) is 0 Å². The molecular formula is C29H30N2O2. The summed E-state index contributed by atoms with van der Waals surface area (Å²) in [7, 11) is 0. The highest BCUT2D eigenvalue weighted by Crippen LogP contribution is 2.30. The molecule has 1 aromatic heterocycles. The summed E-state index contributed by atoms with van der Waals surface area (Å²) in [5, 5.41) is 1.77. The Bertz CT molecular complexity index is 1340. The number of pyridine rings is 1. The van der Waals surface area contributed by atoms with Crippen LogP contribution in [0.15, 0.2) is 77.7 Å². The lowest BCUT2D eigenvalue weighted by molar-refractivity contribution is -0.00521. The van der Waals surface area contributed by atoms with E-state index in [1.807, 2.05) is 30.5 Å². The zero-order valence-corrected chi connectivity index (χ0v) is 19.7. The second-order valence-corrected chi connectivity index (χ2v) is 9.26. The molecule has 1 aliphatic rings. The van der Waals surface area contributed by atoms with Gasteiger partial charge in [0.2, 0.25) is 0 Å². The Hall–Kier alpha value is -3.37. The van der Waals surface area contributed by atoms with Crippen LogP contribution in [0.25, 0.3) is 27.6 Å². The summed E-state index contributed by atoms with van der Waals surface area (Å²) in [6.45, 7) is 10.1. The summed E-state index contributed by atoms with van der Waals surface area (Å²) in [6.07, 6.45) is 2.39. The highest BCUT2D eigenvalue weighted by molar-refractivity contribution is 5.98. The van der Waals surface area contributed by atoms with Crippen molar-refractivity contribution in [3.05, 3.63) is 94.4 Å². The molecule has 1 saturated heterocycles. The number of hydrogen-bond donors (Lipinski definition) is 0. The maximum Gasteiger partial charge on any atom is 0.262 e. The Balaban J connectivity index is 1.55. The third kappa shape index (κ3) is 4.07. The first-order valence-corrected chi connectivity index (χ1v) is 11.6. The summed E-state index contributed by atoms with van der Waals surface area (Å²) in [5.41, 5.74) is 6.58. The van der Waals surface area contributed by atoms with E-state index in [1.54, 1.807) is 4.57 Å². The molecule has 4 nitrogen and oxygen atoms in total. The number of aryl methyl sites for hydroxylation is 2. The predicted octanol–water partition coefficient (Wildman–Crippen LogP) is 5.89. The smallest absolute Gasteiger partial charge is 0.262 e. The molecule has 4 heteroatoms. The van der Waals surface area contributed by atoms with Crippen molar-refractivity contribution in [3.63, 3.8) is 0 Å². The highest BCUT2D eigenvalue weighted by atomic mass is 16.5. The molecule has 0 spiro atoms. The number of aromatic nitrogens is 1. The number of rotatable bonds is 3. The fourth-order valence-electron chi connectivity index (χ4n) is 4.98. The average Bonchev–Trinajstić information content (AvgIpc) is 2.81. The van der Waals surface area contributed by atoms with E-state index < -0.39 is 0 Å². The number of benzene rings is 3. The van der Waals surface area contributed by atoms with Crippen molar-refractivity contribution in [2.75, 3.05) is 18.0 Å². The number of anilines is 1. The lowest BCUT2D eigenvalue weighted by Gasteiger charge is -2.36. The van der Waals surface area contributed by atoms with E-state index in [1.165, 1.54) is 5.56 Å². The van der Waals surface area contributed by atoms with E-state index in [2.05, 4.69) is 75.1 Å². The van der Waals surface area contributed by atoms with Crippen molar-refractivity contribution < 1.29 is 4.74 Å². The van der Waals surface area contributed by atoms with Crippen molar-refractivity contribution in [2.24, 2.45) is 0 Å². The minimum atomic E-state index is 0.00549. The third-order valence-electron chi connectivity index (χ3n) is 6.51. The fraction of sp³-hybridized carbons (Fsp3) is 0.276. The van der Waals surface area contributed by atoms with Crippen LogP contribution in [0.4, 0.5) is 5.69 Å². The van der Waals surface area contributed by atoms with Gasteiger partial charge in [-0.25, -0.2) is 0 Å². The van der Waals surface area contributed by atoms with E-state index in [9.17, 15) is 4.79 Å². The van der Waals surface area contributed by atoms with E-state index in [4.69, 9.17) is 4.74 Å². The summed E-state index contributed by atoms with van der Waals surface area (Å²) in [5.74, 6) is 0. The molecule has 4 aromatic rings. The molecule has 0 N–H and O–H groups in total. The minimum absolute atomic E-state index is 0.00549. The largest absolute Gasteiger partial charge is 0.372 e. The van der Waals surface area contributed by atoms with Gasteiger partial charge in [0.15, 0.2) is 0 Å². The molecule has 0 amide bonds. The molecule has 0 aliphatic carbocycles. The molecule has 2 atom stereocenters. The number of hydrogen-bond acceptors (Lipinski definition) is 3. The zero-order valence-electron chi connectivity index (χ0n) is 19.7. The first-order chi connectivity index (χ1) is 15.9. The summed E-state index contributed by atoms with van der Waals surface area (Å²) < 4.78 is 7.63. The summed E-state index contributed by atoms with van der Waals surface area (Å²) in [6, 6.07) is 22.8. The van der Waals surface area contributed by atoms with Crippen LogP contribution in [0.1, 0.15) is 25.0 Å². The second kappa shape index (κ2) is 8.53. The topological polar surface area (TPSA) is 34.5 Å². The van der Waals surface area contributed by atoms with Gasteiger partial charge < -0.3 is 9.64 Å². The third-order valence-corrected chi connectivity index (χ3v) is 6.51. The minimum Gasteiger partial charge on any atom is -0.372 e. The van der Waals surface area contributed by atoms with Gasteiger partial charge in [0, 0.05) is 36.0 Å². The first kappa shape index (κ1) is 21.5. The Morgan fingerprint density at radius 2 is 1.45 bits per heavy atom. The van der Waals surface area contributed by atoms with Gasteiger partial charge >= 0.3 is 0 Å². The maximum atomic E-state index is 13.5. The lowest BCUT2D eigenvalue weighted by atomic mass is 9.96. The standard InChI is InChI=1S/C29H30N2O2/c1-19-8-10-23(11-9-19)26-6-5-7-27-28(26)20(2)16-31(29(27)32)25-14-12-24(13-15-25)30-17-21(3)33-22(4)18-30/h5-16,21-22H,17-18H2,1-4H3/t21-,22?/m0/s1. The Morgan fingerprint density at radius 1 is 0.818 bits per heavy atom. The molecular weight excluding hydrogens is 408 g/mol. The van der Waals surface area contributed by atoms with Crippen molar-refractivity contribution in [1.29, 1.82) is 0 Å². The molecule has 168 valence electrons. The Kier molecular flexibility index (Phi) is 5.55. The van der Waals surface area contributed by atoms with Crippen LogP contribution in [-0.4, -0.2) is 29.9 Å². The number of nitrogens with zero attached hydrogens (tertiary/aromatic N) is 2. The molecule has 5 rings (SSSR count).